The van der Waals surface area contributed by atoms with E-state index in [1.54, 1.807) is 48.9 Å². The van der Waals surface area contributed by atoms with Gasteiger partial charge in [0.1, 0.15) is 4.90 Å². The first-order valence-corrected chi connectivity index (χ1v) is 11.8. The fourth-order valence-corrected chi connectivity index (χ4v) is 6.57. The SMILES string of the molecule is CCOc1c(OC)cccc1C1CC(=O)Nc2c(S(=O)(=O)c3ccccc3)csc21. The number of rotatable bonds is 6. The van der Waals surface area contributed by atoms with Crippen LogP contribution in [0.2, 0.25) is 0 Å². The van der Waals surface area contributed by atoms with E-state index in [-0.39, 0.29) is 28.0 Å². The van der Waals surface area contributed by atoms with Gasteiger partial charge in [-0.05, 0) is 25.1 Å². The van der Waals surface area contributed by atoms with Gasteiger partial charge < -0.3 is 14.8 Å². The Morgan fingerprint density at radius 2 is 1.90 bits per heavy atom. The van der Waals surface area contributed by atoms with E-state index < -0.39 is 9.84 Å². The molecule has 1 aromatic heterocycles. The standard InChI is InChI=1S/C22H21NO5S2/c1-3-28-21-15(10-7-11-17(21)27-2)16-12-19(24)23-20-18(13-29-22(16)20)30(25,26)14-8-5-4-6-9-14/h4-11,13,16H,3,12H2,1-2H3,(H,23,24). The van der Waals surface area contributed by atoms with E-state index in [0.29, 0.717) is 23.8 Å². The van der Waals surface area contributed by atoms with Gasteiger partial charge in [-0.25, -0.2) is 8.42 Å². The second-order valence-electron chi connectivity index (χ2n) is 6.77. The van der Waals surface area contributed by atoms with Crippen molar-refractivity contribution in [2.24, 2.45) is 0 Å². The minimum atomic E-state index is -3.76. The van der Waals surface area contributed by atoms with E-state index in [4.69, 9.17) is 9.47 Å². The number of thiophene rings is 1. The maximum atomic E-state index is 13.2. The van der Waals surface area contributed by atoms with Crippen molar-refractivity contribution in [3.8, 4) is 11.5 Å². The Hall–Kier alpha value is -2.84. The normalized spacial score (nSPS) is 15.9. The van der Waals surface area contributed by atoms with E-state index in [2.05, 4.69) is 5.32 Å². The first-order chi connectivity index (χ1) is 14.5. The molecule has 0 aliphatic carbocycles. The summed E-state index contributed by atoms with van der Waals surface area (Å²) in [5.41, 5.74) is 1.16. The Labute approximate surface area is 179 Å². The molecule has 0 bridgehead atoms. The molecule has 1 amide bonds. The van der Waals surface area contributed by atoms with Gasteiger partial charge in [0.25, 0.3) is 0 Å². The molecule has 1 aliphatic rings. The predicted octanol–water partition coefficient (Wildman–Crippen LogP) is 4.46. The Morgan fingerprint density at radius 3 is 2.60 bits per heavy atom. The third-order valence-electron chi connectivity index (χ3n) is 4.99. The number of carbonyl (C=O) groups excluding carboxylic acids is 1. The molecule has 0 saturated carbocycles. The summed E-state index contributed by atoms with van der Waals surface area (Å²) < 4.78 is 37.7. The number of hydrogen-bond acceptors (Lipinski definition) is 6. The van der Waals surface area contributed by atoms with Crippen molar-refractivity contribution in [2.45, 2.75) is 29.1 Å². The highest BCUT2D eigenvalue weighted by Crippen LogP contribution is 2.49. The molecule has 0 spiro atoms. The fraction of sp³-hybridized carbons (Fsp3) is 0.227. The number of fused-ring (bicyclic) bond motifs is 1. The quantitative estimate of drug-likeness (QED) is 0.608. The van der Waals surface area contributed by atoms with Crippen molar-refractivity contribution in [3.63, 3.8) is 0 Å². The Balaban J connectivity index is 1.86. The van der Waals surface area contributed by atoms with Crippen LogP contribution < -0.4 is 14.8 Å². The molecule has 0 saturated heterocycles. The number of carbonyl (C=O) groups is 1. The molecule has 6 nitrogen and oxygen atoms in total. The topological polar surface area (TPSA) is 81.7 Å². The fourth-order valence-electron chi connectivity index (χ4n) is 3.65. The number of nitrogens with one attached hydrogen (secondary N) is 1. The molecule has 0 radical (unpaired) electrons. The van der Waals surface area contributed by atoms with Gasteiger partial charge in [0.05, 0.1) is 24.3 Å². The summed E-state index contributed by atoms with van der Waals surface area (Å²) in [6, 6.07) is 13.8. The van der Waals surface area contributed by atoms with Crippen LogP contribution in [0.3, 0.4) is 0 Å². The molecule has 1 aliphatic heterocycles. The van der Waals surface area contributed by atoms with Crippen LogP contribution in [0.5, 0.6) is 11.5 Å². The number of sulfone groups is 1. The molecule has 3 aromatic rings. The molecular weight excluding hydrogens is 422 g/mol. The van der Waals surface area contributed by atoms with Crippen molar-refractivity contribution in [1.82, 2.24) is 0 Å². The second kappa shape index (κ2) is 8.12. The van der Waals surface area contributed by atoms with Crippen LogP contribution in [-0.2, 0) is 14.6 Å². The average Bonchev–Trinajstić information content (AvgIpc) is 3.19. The number of ether oxygens (including phenoxy) is 2. The van der Waals surface area contributed by atoms with Crippen LogP contribution >= 0.6 is 11.3 Å². The predicted molar refractivity (Wildman–Crippen MR) is 115 cm³/mol. The van der Waals surface area contributed by atoms with E-state index in [0.717, 1.165) is 10.4 Å². The highest BCUT2D eigenvalue weighted by atomic mass is 32.2. The lowest BCUT2D eigenvalue weighted by Gasteiger charge is -2.26. The first-order valence-electron chi connectivity index (χ1n) is 9.48. The van der Waals surface area contributed by atoms with Crippen molar-refractivity contribution in [3.05, 3.63) is 64.4 Å². The number of anilines is 1. The van der Waals surface area contributed by atoms with Gasteiger partial charge in [-0.1, -0.05) is 30.3 Å². The molecule has 1 atom stereocenters. The van der Waals surface area contributed by atoms with E-state index in [1.807, 2.05) is 19.1 Å². The minimum absolute atomic E-state index is 0.118. The molecule has 2 heterocycles. The molecule has 156 valence electrons. The Bertz CT molecular complexity index is 1190. The number of benzene rings is 2. The van der Waals surface area contributed by atoms with Crippen molar-refractivity contribution >= 4 is 32.8 Å². The summed E-state index contributed by atoms with van der Waals surface area (Å²) in [5.74, 6) is 0.598. The van der Waals surface area contributed by atoms with Gasteiger partial charge in [0.2, 0.25) is 15.7 Å². The second-order valence-corrected chi connectivity index (χ2v) is 9.60. The van der Waals surface area contributed by atoms with Crippen LogP contribution in [-0.4, -0.2) is 28.0 Å². The first kappa shape index (κ1) is 20.4. The molecule has 30 heavy (non-hydrogen) atoms. The Morgan fingerprint density at radius 1 is 1.13 bits per heavy atom. The van der Waals surface area contributed by atoms with Crippen LogP contribution in [0, 0.1) is 0 Å². The zero-order chi connectivity index (χ0) is 21.3. The lowest BCUT2D eigenvalue weighted by Crippen LogP contribution is -2.24. The number of amides is 1. The van der Waals surface area contributed by atoms with E-state index in [1.165, 1.54) is 11.3 Å². The summed E-state index contributed by atoms with van der Waals surface area (Å²) >= 11 is 1.33. The molecule has 1 N–H and O–H groups in total. The molecule has 4 rings (SSSR count). The summed E-state index contributed by atoms with van der Waals surface area (Å²) in [5, 5.41) is 4.39. The largest absolute Gasteiger partial charge is 0.493 e. The highest BCUT2D eigenvalue weighted by Gasteiger charge is 2.36. The molecular formula is C22H21NO5S2. The van der Waals surface area contributed by atoms with Gasteiger partial charge in [0.15, 0.2) is 11.5 Å². The van der Waals surface area contributed by atoms with Crippen LogP contribution in [0.1, 0.15) is 29.7 Å². The van der Waals surface area contributed by atoms with Crippen LogP contribution in [0.25, 0.3) is 0 Å². The highest BCUT2D eigenvalue weighted by molar-refractivity contribution is 7.91. The summed E-state index contributed by atoms with van der Waals surface area (Å²) in [6.45, 7) is 2.32. The lowest BCUT2D eigenvalue weighted by atomic mass is 9.89. The number of para-hydroxylation sites is 1. The summed E-state index contributed by atoms with van der Waals surface area (Å²) in [4.78, 5) is 13.7. The van der Waals surface area contributed by atoms with Gasteiger partial charge in [0, 0.05) is 28.2 Å². The van der Waals surface area contributed by atoms with Gasteiger partial charge in [-0.2, -0.15) is 0 Å². The smallest absolute Gasteiger partial charge is 0.225 e. The zero-order valence-corrected chi connectivity index (χ0v) is 18.2. The number of methoxy groups -OCH3 is 1. The third kappa shape index (κ3) is 3.46. The van der Waals surface area contributed by atoms with Crippen molar-refractivity contribution in [1.29, 1.82) is 0 Å². The van der Waals surface area contributed by atoms with E-state index >= 15 is 0 Å². The van der Waals surface area contributed by atoms with E-state index in [9.17, 15) is 13.2 Å². The van der Waals surface area contributed by atoms with Crippen LogP contribution in [0.4, 0.5) is 5.69 Å². The maximum Gasteiger partial charge on any atom is 0.225 e. The van der Waals surface area contributed by atoms with Crippen LogP contribution in [0.15, 0.2) is 63.7 Å². The van der Waals surface area contributed by atoms with Gasteiger partial charge >= 0.3 is 0 Å². The molecule has 8 heteroatoms. The average molecular weight is 444 g/mol. The van der Waals surface area contributed by atoms with Crippen molar-refractivity contribution in [2.75, 3.05) is 19.0 Å². The third-order valence-corrected chi connectivity index (χ3v) is 8.03. The molecule has 1 unspecified atom stereocenters. The molecule has 0 fully saturated rings. The zero-order valence-electron chi connectivity index (χ0n) is 16.5. The van der Waals surface area contributed by atoms with Gasteiger partial charge in [-0.15, -0.1) is 11.3 Å². The monoisotopic (exact) mass is 443 g/mol. The number of hydrogen-bond donors (Lipinski definition) is 1. The summed E-state index contributed by atoms with van der Waals surface area (Å²) in [6.07, 6.45) is 0.200. The van der Waals surface area contributed by atoms with Gasteiger partial charge in [-0.3, -0.25) is 4.79 Å². The molecule has 2 aromatic carbocycles. The maximum absolute atomic E-state index is 13.2. The lowest BCUT2D eigenvalue weighted by molar-refractivity contribution is -0.116. The minimum Gasteiger partial charge on any atom is -0.493 e. The summed E-state index contributed by atoms with van der Waals surface area (Å²) in [7, 11) is -2.19. The Kier molecular flexibility index (Phi) is 5.53. The van der Waals surface area contributed by atoms with Crippen molar-refractivity contribution < 1.29 is 22.7 Å².